The van der Waals surface area contributed by atoms with Crippen molar-refractivity contribution in [3.63, 3.8) is 0 Å². The Hall–Kier alpha value is -1.70. The van der Waals surface area contributed by atoms with Gasteiger partial charge in [0.25, 0.3) is 0 Å². The van der Waals surface area contributed by atoms with Crippen molar-refractivity contribution < 1.29 is 4.79 Å². The minimum absolute atomic E-state index is 0.204. The summed E-state index contributed by atoms with van der Waals surface area (Å²) in [7, 11) is 0. The van der Waals surface area contributed by atoms with Gasteiger partial charge in [-0.05, 0) is 37.0 Å². The molecule has 0 saturated heterocycles. The van der Waals surface area contributed by atoms with Crippen molar-refractivity contribution in [3.8, 4) is 0 Å². The zero-order valence-electron chi connectivity index (χ0n) is 11.3. The average Bonchev–Trinajstić information content (AvgIpc) is 2.43. The van der Waals surface area contributed by atoms with Gasteiger partial charge in [0, 0.05) is 11.8 Å². The molecule has 0 fully saturated rings. The Morgan fingerprint density at radius 3 is 2.61 bits per heavy atom. The molecule has 0 aliphatic heterocycles. The lowest BCUT2D eigenvalue weighted by Gasteiger charge is -2.17. The second kappa shape index (κ2) is 5.30. The predicted octanol–water partition coefficient (Wildman–Crippen LogP) is 4.09. The molecule has 0 atom stereocenters. The topological polar surface area (TPSA) is 30.0 Å². The summed E-state index contributed by atoms with van der Waals surface area (Å²) >= 11 is 0. The van der Waals surface area contributed by atoms with E-state index in [1.807, 2.05) is 32.0 Å². The van der Waals surface area contributed by atoms with Crippen molar-refractivity contribution in [1.29, 1.82) is 0 Å². The number of hydrogen-bond donors (Lipinski definition) is 0. The maximum absolute atomic E-state index is 11.8. The van der Waals surface area contributed by atoms with Crippen molar-refractivity contribution in [3.05, 3.63) is 41.1 Å². The lowest BCUT2D eigenvalue weighted by molar-refractivity contribution is 0.0967. The number of hydrogen-bond acceptors (Lipinski definition) is 2. The van der Waals surface area contributed by atoms with E-state index in [0.717, 1.165) is 23.9 Å². The Morgan fingerprint density at radius 1 is 1.11 bits per heavy atom. The van der Waals surface area contributed by atoms with Gasteiger partial charge in [-0.3, -0.25) is 4.79 Å². The molecule has 2 nitrogen and oxygen atoms in total. The molecule has 1 aliphatic carbocycles. The van der Waals surface area contributed by atoms with Crippen LogP contribution < -0.4 is 0 Å². The van der Waals surface area contributed by atoms with Crippen LogP contribution in [0.4, 0.5) is 0 Å². The monoisotopic (exact) mass is 241 g/mol. The van der Waals surface area contributed by atoms with E-state index in [1.165, 1.54) is 10.9 Å². The van der Waals surface area contributed by atoms with Gasteiger partial charge in [0.05, 0.1) is 5.52 Å². The molecule has 0 amide bonds. The van der Waals surface area contributed by atoms with Gasteiger partial charge in [-0.1, -0.05) is 32.0 Å². The van der Waals surface area contributed by atoms with E-state index >= 15 is 0 Å². The fourth-order valence-electron chi connectivity index (χ4n) is 2.50. The Labute approximate surface area is 108 Å². The highest BCUT2D eigenvalue weighted by Crippen LogP contribution is 2.28. The minimum atomic E-state index is 0.204. The first-order valence-electron chi connectivity index (χ1n) is 6.69. The van der Waals surface area contributed by atoms with E-state index in [9.17, 15) is 4.79 Å². The summed E-state index contributed by atoms with van der Waals surface area (Å²) in [6.45, 7) is 6.10. The second-order valence-corrected chi connectivity index (χ2v) is 4.36. The number of carbonyl (C=O) groups excluding carboxylic acids is 1. The first-order valence-corrected chi connectivity index (χ1v) is 6.69. The molecule has 94 valence electrons. The van der Waals surface area contributed by atoms with Crippen LogP contribution in [0.15, 0.2) is 24.3 Å². The number of aryl methyl sites for hydroxylation is 1. The van der Waals surface area contributed by atoms with E-state index in [2.05, 4.69) is 18.0 Å². The molecule has 1 aliphatic rings. The van der Waals surface area contributed by atoms with E-state index in [-0.39, 0.29) is 5.78 Å². The van der Waals surface area contributed by atoms with Crippen LogP contribution >= 0.6 is 0 Å². The predicted molar refractivity (Wildman–Crippen MR) is 75.1 cm³/mol. The number of Topliss-reactive ketones (excluding diaryl/α,β-unsaturated/α-hetero) is 1. The highest BCUT2D eigenvalue weighted by molar-refractivity contribution is 6.00. The number of nitrogens with zero attached hydrogens (tertiary/aromatic N) is 1. The van der Waals surface area contributed by atoms with Gasteiger partial charge in [-0.25, -0.2) is 4.98 Å². The highest BCUT2D eigenvalue weighted by atomic mass is 16.1. The number of benzene rings is 1. The van der Waals surface area contributed by atoms with Gasteiger partial charge in [-0.2, -0.15) is 0 Å². The van der Waals surface area contributed by atoms with E-state index in [4.69, 9.17) is 0 Å². The van der Waals surface area contributed by atoms with Crippen LogP contribution in [0.5, 0.6) is 0 Å². The van der Waals surface area contributed by atoms with Gasteiger partial charge in [0.2, 0.25) is 0 Å². The Bertz CT molecular complexity index is 587. The van der Waals surface area contributed by atoms with Crippen LogP contribution in [0, 0.1) is 6.92 Å². The van der Waals surface area contributed by atoms with Gasteiger partial charge in [0.15, 0.2) is 5.78 Å². The first kappa shape index (κ1) is 12.7. The molecule has 1 aromatic heterocycles. The van der Waals surface area contributed by atoms with Crippen LogP contribution in [-0.2, 0) is 6.42 Å². The van der Waals surface area contributed by atoms with Gasteiger partial charge in [0.1, 0.15) is 5.69 Å². The quantitative estimate of drug-likeness (QED) is 0.695. The van der Waals surface area contributed by atoms with Crippen molar-refractivity contribution in [1.82, 2.24) is 4.98 Å². The molecule has 0 saturated carbocycles. The molecule has 0 spiro atoms. The molecule has 1 heterocycles. The van der Waals surface area contributed by atoms with E-state index in [1.54, 1.807) is 0 Å². The van der Waals surface area contributed by atoms with Crippen LogP contribution in [0.2, 0.25) is 0 Å². The molecule has 2 aromatic rings. The van der Waals surface area contributed by atoms with Crippen molar-refractivity contribution >= 4 is 16.7 Å². The Balaban J connectivity index is 0.000000574. The first-order chi connectivity index (χ1) is 8.77. The number of carbonyl (C=O) groups is 1. The van der Waals surface area contributed by atoms with Crippen molar-refractivity contribution in [2.45, 2.75) is 40.0 Å². The van der Waals surface area contributed by atoms with Crippen LogP contribution in [0.1, 0.15) is 48.3 Å². The molecule has 0 N–H and O–H groups in total. The lowest BCUT2D eigenvalue weighted by Crippen LogP contribution is -2.14. The molecule has 3 rings (SSSR count). The molecule has 2 heteroatoms. The maximum atomic E-state index is 11.8. The zero-order valence-corrected chi connectivity index (χ0v) is 11.3. The molecule has 0 radical (unpaired) electrons. The fourth-order valence-corrected chi connectivity index (χ4v) is 2.50. The average molecular weight is 241 g/mol. The summed E-state index contributed by atoms with van der Waals surface area (Å²) in [5.74, 6) is 0.204. The molecular weight excluding hydrogens is 222 g/mol. The smallest absolute Gasteiger partial charge is 0.181 e. The normalized spacial score (nSPS) is 13.8. The maximum Gasteiger partial charge on any atom is 0.181 e. The fraction of sp³-hybridized carbons (Fsp3) is 0.375. The third-order valence-electron chi connectivity index (χ3n) is 3.37. The molecule has 0 bridgehead atoms. The highest BCUT2D eigenvalue weighted by Gasteiger charge is 2.21. The van der Waals surface area contributed by atoms with Crippen LogP contribution in [-0.4, -0.2) is 10.8 Å². The van der Waals surface area contributed by atoms with E-state index in [0.29, 0.717) is 12.1 Å². The number of para-hydroxylation sites is 1. The van der Waals surface area contributed by atoms with Crippen molar-refractivity contribution in [2.75, 3.05) is 0 Å². The molecule has 0 unspecified atom stereocenters. The largest absolute Gasteiger partial charge is 0.292 e. The molecular formula is C16H19NO. The number of fused-ring (bicyclic) bond motifs is 2. The zero-order chi connectivity index (χ0) is 13.1. The summed E-state index contributed by atoms with van der Waals surface area (Å²) in [6.07, 6.45) is 2.61. The summed E-state index contributed by atoms with van der Waals surface area (Å²) in [4.78, 5) is 16.3. The lowest BCUT2D eigenvalue weighted by atomic mass is 9.90. The van der Waals surface area contributed by atoms with E-state index < -0.39 is 0 Å². The standard InChI is InChI=1S/C14H13NO.C2H6/c1-9-10-5-2-3-7-12(10)15-14-11(9)6-4-8-13(14)16;1-2/h2-3,5,7H,4,6,8H2,1H3;1-2H3. The summed E-state index contributed by atoms with van der Waals surface area (Å²) < 4.78 is 0. The number of ketones is 1. The second-order valence-electron chi connectivity index (χ2n) is 4.36. The third-order valence-corrected chi connectivity index (χ3v) is 3.37. The molecule has 18 heavy (non-hydrogen) atoms. The van der Waals surface area contributed by atoms with Crippen LogP contribution in [0.3, 0.4) is 0 Å². The summed E-state index contributed by atoms with van der Waals surface area (Å²) in [5.41, 5.74) is 4.04. The SMILES string of the molecule is CC.Cc1c2c(nc3ccccc13)C(=O)CCC2. The van der Waals surface area contributed by atoms with Gasteiger partial charge >= 0.3 is 0 Å². The summed E-state index contributed by atoms with van der Waals surface area (Å²) in [5, 5.41) is 1.18. The Kier molecular flexibility index (Phi) is 3.75. The number of rotatable bonds is 0. The number of pyridine rings is 1. The van der Waals surface area contributed by atoms with Gasteiger partial charge < -0.3 is 0 Å². The molecule has 1 aromatic carbocycles. The number of aromatic nitrogens is 1. The van der Waals surface area contributed by atoms with Crippen molar-refractivity contribution in [2.24, 2.45) is 0 Å². The third kappa shape index (κ3) is 2.03. The minimum Gasteiger partial charge on any atom is -0.292 e. The summed E-state index contributed by atoms with van der Waals surface area (Å²) in [6, 6.07) is 8.05. The Morgan fingerprint density at radius 2 is 1.83 bits per heavy atom. The van der Waals surface area contributed by atoms with Gasteiger partial charge in [-0.15, -0.1) is 0 Å². The van der Waals surface area contributed by atoms with Crippen LogP contribution in [0.25, 0.3) is 10.9 Å².